The Morgan fingerprint density at radius 1 is 1.17 bits per heavy atom. The maximum absolute atomic E-state index is 12.9. The summed E-state index contributed by atoms with van der Waals surface area (Å²) < 4.78 is 10.3. The van der Waals surface area contributed by atoms with E-state index >= 15 is 0 Å². The third-order valence-corrected chi connectivity index (χ3v) is 4.87. The predicted octanol–water partition coefficient (Wildman–Crippen LogP) is 2.98. The summed E-state index contributed by atoms with van der Waals surface area (Å²) in [5, 5.41) is 2.90. The molecule has 0 atom stereocenters. The van der Waals surface area contributed by atoms with E-state index in [0.29, 0.717) is 35.6 Å². The van der Waals surface area contributed by atoms with Crippen LogP contribution < -0.4 is 5.32 Å². The van der Waals surface area contributed by atoms with Gasteiger partial charge in [-0.2, -0.15) is 0 Å². The molecule has 1 aromatic heterocycles. The van der Waals surface area contributed by atoms with Gasteiger partial charge in [0.1, 0.15) is 11.3 Å². The number of aromatic amines is 1. The molecule has 1 amide bonds. The number of carbonyl (C=O) groups is 3. The lowest BCUT2D eigenvalue weighted by Crippen LogP contribution is -2.47. The molecule has 1 fully saturated rings. The minimum atomic E-state index is -0.522. The van der Waals surface area contributed by atoms with Crippen LogP contribution in [0.3, 0.4) is 0 Å². The molecule has 1 saturated heterocycles. The summed E-state index contributed by atoms with van der Waals surface area (Å²) in [7, 11) is 0. The number of piperidine rings is 1. The molecule has 2 rings (SSSR count). The predicted molar refractivity (Wildman–Crippen MR) is 109 cm³/mol. The zero-order valence-electron chi connectivity index (χ0n) is 18.3. The molecule has 1 aliphatic heterocycles. The van der Waals surface area contributed by atoms with E-state index in [1.54, 1.807) is 20.8 Å². The van der Waals surface area contributed by atoms with Gasteiger partial charge < -0.3 is 19.8 Å². The Morgan fingerprint density at radius 3 is 2.34 bits per heavy atom. The van der Waals surface area contributed by atoms with Crippen molar-refractivity contribution >= 4 is 17.8 Å². The zero-order valence-corrected chi connectivity index (χ0v) is 18.3. The molecule has 0 aliphatic carbocycles. The molecule has 8 nitrogen and oxygen atoms in total. The summed E-state index contributed by atoms with van der Waals surface area (Å²) in [6, 6.07) is 0.0438. The monoisotopic (exact) mass is 407 g/mol. The molecule has 0 bridgehead atoms. The van der Waals surface area contributed by atoms with Crippen molar-refractivity contribution in [2.75, 3.05) is 26.2 Å². The number of carbonyl (C=O) groups excluding carboxylic acids is 3. The van der Waals surface area contributed by atoms with Crippen LogP contribution in [0.25, 0.3) is 0 Å². The van der Waals surface area contributed by atoms with Crippen LogP contribution in [0.1, 0.15) is 72.6 Å². The fourth-order valence-electron chi connectivity index (χ4n) is 3.57. The molecule has 0 aromatic carbocycles. The minimum Gasteiger partial charge on any atom is -0.461 e. The number of nitrogens with one attached hydrogen (secondary N) is 2. The van der Waals surface area contributed by atoms with Crippen molar-refractivity contribution in [1.82, 2.24) is 15.2 Å². The van der Waals surface area contributed by atoms with Crippen molar-refractivity contribution in [2.24, 2.45) is 0 Å². The fourth-order valence-corrected chi connectivity index (χ4v) is 3.57. The Balaban J connectivity index is 1.90. The lowest BCUT2D eigenvalue weighted by atomic mass is 10.0. The van der Waals surface area contributed by atoms with Crippen molar-refractivity contribution in [3.05, 3.63) is 22.5 Å². The molecule has 162 valence electrons. The minimum absolute atomic E-state index is 0.0228. The second-order valence-corrected chi connectivity index (χ2v) is 8.47. The molecule has 0 spiro atoms. The van der Waals surface area contributed by atoms with Crippen LogP contribution in [-0.4, -0.2) is 65.6 Å². The van der Waals surface area contributed by atoms with Crippen LogP contribution >= 0.6 is 0 Å². The number of amides is 1. The molecular formula is C21H33N3O5. The van der Waals surface area contributed by atoms with Gasteiger partial charge >= 0.3 is 12.1 Å². The van der Waals surface area contributed by atoms with Crippen LogP contribution in [0.5, 0.6) is 0 Å². The smallest absolute Gasteiger partial charge is 0.407 e. The summed E-state index contributed by atoms with van der Waals surface area (Å²) in [6.07, 6.45) is 1.11. The summed E-state index contributed by atoms with van der Waals surface area (Å²) in [6.45, 7) is 12.8. The van der Waals surface area contributed by atoms with Gasteiger partial charge in [-0.15, -0.1) is 0 Å². The number of alkyl carbamates (subject to hydrolysis) is 1. The molecule has 2 heterocycles. The lowest BCUT2D eigenvalue weighted by molar-refractivity contribution is 0.0473. The first-order chi connectivity index (χ1) is 13.5. The number of hydrogen-bond donors (Lipinski definition) is 2. The highest BCUT2D eigenvalue weighted by Gasteiger charge is 2.27. The van der Waals surface area contributed by atoms with Gasteiger partial charge in [-0.3, -0.25) is 9.69 Å². The number of rotatable bonds is 6. The SMILES string of the molecule is CCOC(=O)c1[nH]c(C)c(C(=O)CN2CCC(NC(=O)OC(C)(C)C)CC2)c1C. The first-order valence-electron chi connectivity index (χ1n) is 10.1. The Labute approximate surface area is 172 Å². The largest absolute Gasteiger partial charge is 0.461 e. The first-order valence-corrected chi connectivity index (χ1v) is 10.1. The molecule has 0 unspecified atom stereocenters. The number of ketones is 1. The van der Waals surface area contributed by atoms with Crippen molar-refractivity contribution in [3.8, 4) is 0 Å². The summed E-state index contributed by atoms with van der Waals surface area (Å²) >= 11 is 0. The van der Waals surface area contributed by atoms with Gasteiger partial charge in [0, 0.05) is 30.4 Å². The van der Waals surface area contributed by atoms with Crippen LogP contribution in [0, 0.1) is 13.8 Å². The van der Waals surface area contributed by atoms with Gasteiger partial charge in [0.15, 0.2) is 5.78 Å². The second kappa shape index (κ2) is 9.43. The molecule has 0 radical (unpaired) electrons. The number of aromatic nitrogens is 1. The van der Waals surface area contributed by atoms with E-state index in [9.17, 15) is 14.4 Å². The van der Waals surface area contributed by atoms with Gasteiger partial charge in [0.2, 0.25) is 0 Å². The molecular weight excluding hydrogens is 374 g/mol. The molecule has 1 aromatic rings. The van der Waals surface area contributed by atoms with Crippen LogP contribution in [0.4, 0.5) is 4.79 Å². The molecule has 0 saturated carbocycles. The van der Waals surface area contributed by atoms with Crippen molar-refractivity contribution < 1.29 is 23.9 Å². The Kier molecular flexibility index (Phi) is 7.46. The maximum atomic E-state index is 12.9. The molecule has 8 heteroatoms. The van der Waals surface area contributed by atoms with Crippen LogP contribution in [0.15, 0.2) is 0 Å². The molecule has 2 N–H and O–H groups in total. The topological polar surface area (TPSA) is 101 Å². The summed E-state index contributed by atoms with van der Waals surface area (Å²) in [5.74, 6) is -0.466. The number of esters is 1. The highest BCUT2D eigenvalue weighted by molar-refractivity contribution is 6.03. The summed E-state index contributed by atoms with van der Waals surface area (Å²) in [5.41, 5.74) is 1.69. The highest BCUT2D eigenvalue weighted by Crippen LogP contribution is 2.21. The van der Waals surface area contributed by atoms with Gasteiger partial charge in [-0.05, 0) is 59.9 Å². The first kappa shape index (κ1) is 22.9. The Hall–Kier alpha value is -2.35. The van der Waals surface area contributed by atoms with Crippen LogP contribution in [-0.2, 0) is 9.47 Å². The van der Waals surface area contributed by atoms with Crippen molar-refractivity contribution in [1.29, 1.82) is 0 Å². The van der Waals surface area contributed by atoms with Crippen molar-refractivity contribution in [3.63, 3.8) is 0 Å². The summed E-state index contributed by atoms with van der Waals surface area (Å²) in [4.78, 5) is 41.9. The van der Waals surface area contributed by atoms with Gasteiger partial charge in [0.25, 0.3) is 0 Å². The highest BCUT2D eigenvalue weighted by atomic mass is 16.6. The van der Waals surface area contributed by atoms with E-state index in [1.165, 1.54) is 0 Å². The quantitative estimate of drug-likeness (QED) is 0.555. The maximum Gasteiger partial charge on any atom is 0.407 e. The van der Waals surface area contributed by atoms with Gasteiger partial charge in [-0.1, -0.05) is 0 Å². The number of Topliss-reactive ketones (excluding diaryl/α,β-unsaturated/α-hetero) is 1. The van der Waals surface area contributed by atoms with E-state index in [4.69, 9.17) is 9.47 Å². The third-order valence-electron chi connectivity index (χ3n) is 4.87. The normalized spacial score (nSPS) is 15.8. The average molecular weight is 408 g/mol. The number of hydrogen-bond acceptors (Lipinski definition) is 6. The third kappa shape index (κ3) is 6.32. The number of ether oxygens (including phenoxy) is 2. The second-order valence-electron chi connectivity index (χ2n) is 8.47. The standard InChI is InChI=1S/C21H33N3O5/c1-7-28-19(26)18-13(2)17(14(3)22-18)16(25)12-24-10-8-15(9-11-24)23-20(27)29-21(4,5)6/h15,22H,7-12H2,1-6H3,(H,23,27). The van der Waals surface area contributed by atoms with E-state index in [1.807, 2.05) is 20.8 Å². The number of aryl methyl sites for hydroxylation is 1. The number of H-pyrrole nitrogens is 1. The van der Waals surface area contributed by atoms with E-state index < -0.39 is 17.7 Å². The van der Waals surface area contributed by atoms with E-state index in [2.05, 4.69) is 15.2 Å². The van der Waals surface area contributed by atoms with E-state index in [-0.39, 0.29) is 25.0 Å². The van der Waals surface area contributed by atoms with Crippen molar-refractivity contribution in [2.45, 2.75) is 66.0 Å². The zero-order chi connectivity index (χ0) is 21.8. The molecule has 1 aliphatic rings. The number of nitrogens with zero attached hydrogens (tertiary/aromatic N) is 1. The van der Waals surface area contributed by atoms with Gasteiger partial charge in [0.05, 0.1) is 13.2 Å². The lowest BCUT2D eigenvalue weighted by Gasteiger charge is -2.32. The average Bonchev–Trinajstić information content (AvgIpc) is 2.89. The fraction of sp³-hybridized carbons (Fsp3) is 0.667. The van der Waals surface area contributed by atoms with Crippen LogP contribution in [0.2, 0.25) is 0 Å². The Bertz CT molecular complexity index is 755. The molecule has 29 heavy (non-hydrogen) atoms. The van der Waals surface area contributed by atoms with Gasteiger partial charge in [-0.25, -0.2) is 9.59 Å². The van der Waals surface area contributed by atoms with E-state index in [0.717, 1.165) is 12.8 Å². The Morgan fingerprint density at radius 2 is 1.79 bits per heavy atom. The number of likely N-dealkylation sites (tertiary alicyclic amines) is 1.